The summed E-state index contributed by atoms with van der Waals surface area (Å²) in [4.78, 5) is 24.0. The van der Waals surface area contributed by atoms with Crippen LogP contribution in [0.2, 0.25) is 0 Å². The maximum absolute atomic E-state index is 12.6. The molecular weight excluding hydrogens is 409 g/mol. The van der Waals surface area contributed by atoms with E-state index in [1.54, 1.807) is 13.0 Å². The Bertz CT molecular complexity index is 769. The molecule has 0 unspecified atom stereocenters. The molecule has 1 aromatic rings. The van der Waals surface area contributed by atoms with Gasteiger partial charge >= 0.3 is 18.1 Å². The fraction of sp³-hybridized carbons (Fsp3) is 0.583. The van der Waals surface area contributed by atoms with Crippen molar-refractivity contribution < 1.29 is 32.2 Å². The van der Waals surface area contributed by atoms with E-state index < -0.39 is 11.7 Å². The molecule has 2 fully saturated rings. The third-order valence-electron chi connectivity index (χ3n) is 6.48. The first-order valence-electron chi connectivity index (χ1n) is 11.0. The number of hydrogen-bond acceptors (Lipinski definition) is 4. The monoisotopic (exact) mass is 438 g/mol. The predicted molar refractivity (Wildman–Crippen MR) is 109 cm³/mol. The molecule has 7 heteroatoms. The molecule has 2 aliphatic rings. The molecule has 0 bridgehead atoms. The molecule has 0 spiro atoms. The molecule has 0 N–H and O–H groups in total. The summed E-state index contributed by atoms with van der Waals surface area (Å²) in [5.41, 5.74) is -0.765. The molecule has 1 aromatic carbocycles. The Morgan fingerprint density at radius 1 is 0.903 bits per heavy atom. The first-order valence-corrected chi connectivity index (χ1v) is 11.0. The summed E-state index contributed by atoms with van der Waals surface area (Å²) < 4.78 is 48.7. The van der Waals surface area contributed by atoms with Gasteiger partial charge in [0.15, 0.2) is 0 Å². The Balaban J connectivity index is 1.41. The number of rotatable bonds is 5. The number of alkyl halides is 3. The van der Waals surface area contributed by atoms with Crippen LogP contribution in [0.3, 0.4) is 0 Å². The second kappa shape index (κ2) is 10.3. The minimum absolute atomic E-state index is 0.00463. The molecule has 2 saturated carbocycles. The van der Waals surface area contributed by atoms with Crippen LogP contribution in [0.5, 0.6) is 5.75 Å². The fourth-order valence-corrected chi connectivity index (χ4v) is 4.76. The lowest BCUT2D eigenvalue weighted by Crippen LogP contribution is -2.31. The highest BCUT2D eigenvalue weighted by atomic mass is 19.4. The normalized spacial score (nSPS) is 27.1. The van der Waals surface area contributed by atoms with E-state index in [0.29, 0.717) is 11.8 Å². The van der Waals surface area contributed by atoms with Crippen LogP contribution in [-0.2, 0) is 20.5 Å². The predicted octanol–water partition coefficient (Wildman–Crippen LogP) is 6.10. The maximum atomic E-state index is 12.6. The van der Waals surface area contributed by atoms with Crippen molar-refractivity contribution in [1.82, 2.24) is 0 Å². The maximum Gasteiger partial charge on any atom is 0.416 e. The van der Waals surface area contributed by atoms with Gasteiger partial charge in [-0.3, -0.25) is 4.79 Å². The van der Waals surface area contributed by atoms with E-state index in [1.165, 1.54) is 18.2 Å². The first kappa shape index (κ1) is 23.4. The Morgan fingerprint density at radius 2 is 1.45 bits per heavy atom. The SMILES string of the molecule is C/C=C/C(=O)OC1CCC(C2CCC(C(=O)Oc3ccc(C(F)(F)F)cc3)CC2)CC1. The zero-order chi connectivity index (χ0) is 22.4. The number of esters is 2. The summed E-state index contributed by atoms with van der Waals surface area (Å²) in [5, 5.41) is 0. The highest BCUT2D eigenvalue weighted by molar-refractivity contribution is 5.81. The second-order valence-corrected chi connectivity index (χ2v) is 8.53. The van der Waals surface area contributed by atoms with E-state index in [2.05, 4.69) is 0 Å². The minimum Gasteiger partial charge on any atom is -0.459 e. The van der Waals surface area contributed by atoms with Crippen LogP contribution in [0.25, 0.3) is 0 Å². The number of ether oxygens (including phenoxy) is 2. The number of halogens is 3. The summed E-state index contributed by atoms with van der Waals surface area (Å²) in [6.45, 7) is 1.79. The van der Waals surface area contributed by atoms with Gasteiger partial charge in [0.2, 0.25) is 0 Å². The van der Waals surface area contributed by atoms with E-state index >= 15 is 0 Å². The van der Waals surface area contributed by atoms with Crippen LogP contribution in [0.15, 0.2) is 36.4 Å². The number of carbonyl (C=O) groups excluding carboxylic acids is 2. The van der Waals surface area contributed by atoms with Crippen molar-refractivity contribution in [3.05, 3.63) is 42.0 Å². The van der Waals surface area contributed by atoms with Gasteiger partial charge < -0.3 is 9.47 Å². The molecule has 3 rings (SSSR count). The van der Waals surface area contributed by atoms with E-state index in [4.69, 9.17) is 9.47 Å². The molecule has 0 heterocycles. The summed E-state index contributed by atoms with van der Waals surface area (Å²) in [6.07, 6.45) is 5.88. The topological polar surface area (TPSA) is 52.6 Å². The van der Waals surface area contributed by atoms with Crippen molar-refractivity contribution in [2.75, 3.05) is 0 Å². The van der Waals surface area contributed by atoms with Crippen molar-refractivity contribution >= 4 is 11.9 Å². The molecule has 0 aliphatic heterocycles. The zero-order valence-electron chi connectivity index (χ0n) is 17.7. The average Bonchev–Trinajstić information content (AvgIpc) is 2.74. The Morgan fingerprint density at radius 3 is 1.97 bits per heavy atom. The standard InChI is InChI=1S/C24H29F3O4/c1-2-3-22(28)30-20-12-8-17(9-13-20)16-4-6-18(7-5-16)23(29)31-21-14-10-19(11-15-21)24(25,26)27/h2-3,10-11,14-18,20H,4-9,12-13H2,1H3/b3-2+. The molecule has 0 atom stereocenters. The fourth-order valence-electron chi connectivity index (χ4n) is 4.76. The lowest BCUT2D eigenvalue weighted by Gasteiger charge is -2.37. The van der Waals surface area contributed by atoms with Gasteiger partial charge in [-0.25, -0.2) is 4.79 Å². The lowest BCUT2D eigenvalue weighted by atomic mass is 9.70. The van der Waals surface area contributed by atoms with Gasteiger partial charge in [0.1, 0.15) is 11.9 Å². The van der Waals surface area contributed by atoms with Crippen molar-refractivity contribution in [3.63, 3.8) is 0 Å². The number of hydrogen-bond donors (Lipinski definition) is 0. The Labute approximate surface area is 180 Å². The average molecular weight is 438 g/mol. The summed E-state index contributed by atoms with van der Waals surface area (Å²) in [6, 6.07) is 4.22. The van der Waals surface area contributed by atoms with Crippen LogP contribution < -0.4 is 4.74 Å². The largest absolute Gasteiger partial charge is 0.459 e. The highest BCUT2D eigenvalue weighted by Gasteiger charge is 2.34. The molecule has 0 radical (unpaired) electrons. The van der Waals surface area contributed by atoms with E-state index in [-0.39, 0.29) is 29.7 Å². The van der Waals surface area contributed by atoms with Gasteiger partial charge in [0.25, 0.3) is 0 Å². The molecule has 0 amide bonds. The molecule has 170 valence electrons. The van der Waals surface area contributed by atoms with E-state index in [1.807, 2.05) is 0 Å². The Hall–Kier alpha value is -2.31. The highest BCUT2D eigenvalue weighted by Crippen LogP contribution is 2.41. The second-order valence-electron chi connectivity index (χ2n) is 8.53. The number of allylic oxidation sites excluding steroid dienone is 1. The van der Waals surface area contributed by atoms with Crippen LogP contribution in [0, 0.1) is 17.8 Å². The van der Waals surface area contributed by atoms with Crippen molar-refractivity contribution in [3.8, 4) is 5.75 Å². The Kier molecular flexibility index (Phi) is 7.79. The summed E-state index contributed by atoms with van der Waals surface area (Å²) in [7, 11) is 0. The quantitative estimate of drug-likeness (QED) is 0.317. The minimum atomic E-state index is -4.41. The summed E-state index contributed by atoms with van der Waals surface area (Å²) in [5.74, 6) is 0.435. The summed E-state index contributed by atoms with van der Waals surface area (Å²) >= 11 is 0. The third kappa shape index (κ3) is 6.58. The van der Waals surface area contributed by atoms with Crippen LogP contribution in [0.1, 0.15) is 63.9 Å². The third-order valence-corrected chi connectivity index (χ3v) is 6.48. The molecular formula is C24H29F3O4. The van der Waals surface area contributed by atoms with Gasteiger partial charge in [-0.05, 0) is 94.4 Å². The van der Waals surface area contributed by atoms with E-state index in [9.17, 15) is 22.8 Å². The smallest absolute Gasteiger partial charge is 0.416 e. The van der Waals surface area contributed by atoms with Gasteiger partial charge in [-0.15, -0.1) is 0 Å². The van der Waals surface area contributed by atoms with Gasteiger partial charge in [-0.1, -0.05) is 6.08 Å². The van der Waals surface area contributed by atoms with Gasteiger partial charge in [-0.2, -0.15) is 13.2 Å². The molecule has 31 heavy (non-hydrogen) atoms. The van der Waals surface area contributed by atoms with Crippen molar-refractivity contribution in [2.45, 2.75) is 70.6 Å². The molecule has 0 aromatic heterocycles. The lowest BCUT2D eigenvalue weighted by molar-refractivity contribution is -0.145. The molecule has 2 aliphatic carbocycles. The van der Waals surface area contributed by atoms with Gasteiger partial charge in [0, 0.05) is 6.08 Å². The van der Waals surface area contributed by atoms with Crippen molar-refractivity contribution in [1.29, 1.82) is 0 Å². The van der Waals surface area contributed by atoms with Crippen LogP contribution >= 0.6 is 0 Å². The van der Waals surface area contributed by atoms with Crippen LogP contribution in [-0.4, -0.2) is 18.0 Å². The van der Waals surface area contributed by atoms with Crippen LogP contribution in [0.4, 0.5) is 13.2 Å². The number of benzene rings is 1. The molecule has 4 nitrogen and oxygen atoms in total. The zero-order valence-corrected chi connectivity index (χ0v) is 17.7. The molecule has 0 saturated heterocycles. The first-order chi connectivity index (χ1) is 14.8. The van der Waals surface area contributed by atoms with E-state index in [0.717, 1.165) is 63.5 Å². The van der Waals surface area contributed by atoms with Gasteiger partial charge in [0.05, 0.1) is 11.5 Å². The van der Waals surface area contributed by atoms with Crippen molar-refractivity contribution in [2.24, 2.45) is 17.8 Å². The number of carbonyl (C=O) groups is 2.